The molecule has 1 heterocycles. The van der Waals surface area contributed by atoms with Crippen molar-refractivity contribution < 1.29 is 22.3 Å². The highest BCUT2D eigenvalue weighted by Crippen LogP contribution is 2.26. The minimum absolute atomic E-state index is 0.148. The molecule has 1 atom stereocenters. The number of anilines is 3. The van der Waals surface area contributed by atoms with Crippen molar-refractivity contribution in [2.45, 2.75) is 19.4 Å². The lowest BCUT2D eigenvalue weighted by Gasteiger charge is -2.30. The molecule has 3 rings (SSSR count). The van der Waals surface area contributed by atoms with Gasteiger partial charge in [-0.05, 0) is 42.8 Å². The molecule has 1 fully saturated rings. The van der Waals surface area contributed by atoms with Crippen LogP contribution in [0, 0.1) is 5.82 Å². The summed E-state index contributed by atoms with van der Waals surface area (Å²) in [5.41, 5.74) is 1.41. The van der Waals surface area contributed by atoms with Crippen LogP contribution in [0.5, 0.6) is 0 Å². The summed E-state index contributed by atoms with van der Waals surface area (Å²) < 4.78 is 45.4. The summed E-state index contributed by atoms with van der Waals surface area (Å²) in [4.78, 5) is 15.1. The predicted octanol–water partition coefficient (Wildman–Crippen LogP) is 2.85. The maximum absolute atomic E-state index is 14.3. The van der Waals surface area contributed by atoms with E-state index < -0.39 is 27.8 Å². The maximum Gasteiger partial charge on any atom is 0.248 e. The highest BCUT2D eigenvalue weighted by molar-refractivity contribution is 7.92. The second-order valence-corrected chi connectivity index (χ2v) is 8.93. The van der Waals surface area contributed by atoms with Crippen LogP contribution >= 0.6 is 0 Å². The molecule has 7 nitrogen and oxygen atoms in total. The van der Waals surface area contributed by atoms with Gasteiger partial charge in [0.1, 0.15) is 11.9 Å². The van der Waals surface area contributed by atoms with Gasteiger partial charge in [-0.3, -0.25) is 9.10 Å². The van der Waals surface area contributed by atoms with Crippen LogP contribution in [-0.2, 0) is 19.6 Å². The van der Waals surface area contributed by atoms with Gasteiger partial charge in [-0.25, -0.2) is 12.8 Å². The molecule has 162 valence electrons. The predicted molar refractivity (Wildman–Crippen MR) is 116 cm³/mol. The number of halogens is 1. The van der Waals surface area contributed by atoms with Gasteiger partial charge >= 0.3 is 0 Å². The van der Waals surface area contributed by atoms with Crippen molar-refractivity contribution in [3.63, 3.8) is 0 Å². The van der Waals surface area contributed by atoms with Crippen molar-refractivity contribution in [1.29, 1.82) is 0 Å². The van der Waals surface area contributed by atoms with Gasteiger partial charge in [-0.15, -0.1) is 0 Å². The zero-order valence-corrected chi connectivity index (χ0v) is 17.9. The molecule has 1 saturated heterocycles. The molecule has 0 bridgehead atoms. The van der Waals surface area contributed by atoms with Crippen LogP contribution in [-0.4, -0.2) is 52.9 Å². The van der Waals surface area contributed by atoms with Crippen molar-refractivity contribution in [3.8, 4) is 0 Å². The molecule has 1 aliphatic heterocycles. The van der Waals surface area contributed by atoms with Crippen LogP contribution in [0.3, 0.4) is 0 Å². The fourth-order valence-corrected chi connectivity index (χ4v) is 4.68. The van der Waals surface area contributed by atoms with Crippen LogP contribution in [0.1, 0.15) is 13.3 Å². The lowest BCUT2D eigenvalue weighted by molar-refractivity contribution is -0.117. The zero-order valence-electron chi connectivity index (χ0n) is 17.0. The third-order valence-corrected chi connectivity index (χ3v) is 6.10. The Labute approximate surface area is 176 Å². The van der Waals surface area contributed by atoms with E-state index >= 15 is 0 Å². The first-order valence-corrected chi connectivity index (χ1v) is 11.6. The van der Waals surface area contributed by atoms with E-state index in [1.807, 2.05) is 12.1 Å². The van der Waals surface area contributed by atoms with Gasteiger partial charge in [0.05, 0.1) is 25.2 Å². The van der Waals surface area contributed by atoms with Gasteiger partial charge in [0.25, 0.3) is 0 Å². The topological polar surface area (TPSA) is 79.0 Å². The Morgan fingerprint density at radius 1 is 1.17 bits per heavy atom. The SMILES string of the molecule is CC[C@@H](C(=O)Nc1ccc(N2CCOCC2)cc1)N(c1ccccc1F)S(C)(=O)=O. The number of sulfonamides is 1. The summed E-state index contributed by atoms with van der Waals surface area (Å²) in [5.74, 6) is -1.23. The second-order valence-electron chi connectivity index (χ2n) is 7.07. The number of morpholine rings is 1. The summed E-state index contributed by atoms with van der Waals surface area (Å²) in [6.45, 7) is 4.64. The summed E-state index contributed by atoms with van der Waals surface area (Å²) >= 11 is 0. The number of amides is 1. The molecule has 1 aliphatic rings. The highest BCUT2D eigenvalue weighted by atomic mass is 32.2. The molecular formula is C21H26FN3O4S. The standard InChI is InChI=1S/C21H26FN3O4S/c1-3-19(25(30(2,27)28)20-7-5-4-6-18(20)22)21(26)23-16-8-10-17(11-9-16)24-12-14-29-15-13-24/h4-11,19H,3,12-15H2,1-2H3,(H,23,26)/t19-/m0/s1. The van der Waals surface area contributed by atoms with Gasteiger partial charge in [0.15, 0.2) is 0 Å². The van der Waals surface area contributed by atoms with Crippen LogP contribution < -0.4 is 14.5 Å². The molecule has 1 N–H and O–H groups in total. The second kappa shape index (κ2) is 9.44. The number of para-hydroxylation sites is 1. The Balaban J connectivity index is 1.80. The number of nitrogens with zero attached hydrogens (tertiary/aromatic N) is 2. The van der Waals surface area contributed by atoms with Gasteiger partial charge in [-0.1, -0.05) is 19.1 Å². The summed E-state index contributed by atoms with van der Waals surface area (Å²) in [5, 5.41) is 2.75. The molecule has 0 spiro atoms. The van der Waals surface area contributed by atoms with Crippen LogP contribution in [0.25, 0.3) is 0 Å². The summed E-state index contributed by atoms with van der Waals surface area (Å²) in [6, 6.07) is 11.8. The molecular weight excluding hydrogens is 409 g/mol. The van der Waals surface area contributed by atoms with Crippen molar-refractivity contribution in [2.24, 2.45) is 0 Å². The van der Waals surface area contributed by atoms with Gasteiger partial charge in [0.2, 0.25) is 15.9 Å². The van der Waals surface area contributed by atoms with Crippen LogP contribution in [0.2, 0.25) is 0 Å². The molecule has 30 heavy (non-hydrogen) atoms. The fraction of sp³-hybridized carbons (Fsp3) is 0.381. The Bertz CT molecular complexity index is 976. The van der Waals surface area contributed by atoms with E-state index in [1.54, 1.807) is 19.1 Å². The number of nitrogens with one attached hydrogen (secondary N) is 1. The summed E-state index contributed by atoms with van der Waals surface area (Å²) in [7, 11) is -3.90. The molecule has 0 unspecified atom stereocenters. The van der Waals surface area contributed by atoms with Crippen molar-refractivity contribution in [1.82, 2.24) is 0 Å². The van der Waals surface area contributed by atoms with Crippen molar-refractivity contribution in [2.75, 3.05) is 47.1 Å². The summed E-state index contributed by atoms with van der Waals surface area (Å²) in [6.07, 6.45) is 1.14. The Morgan fingerprint density at radius 2 is 1.80 bits per heavy atom. The lowest BCUT2D eigenvalue weighted by atomic mass is 10.1. The van der Waals surface area contributed by atoms with E-state index in [4.69, 9.17) is 4.74 Å². The van der Waals surface area contributed by atoms with Crippen molar-refractivity contribution >= 4 is 33.0 Å². The third kappa shape index (κ3) is 5.09. The molecule has 1 amide bonds. The van der Waals surface area contributed by atoms with E-state index in [2.05, 4.69) is 10.2 Å². The highest BCUT2D eigenvalue weighted by Gasteiger charge is 2.33. The minimum atomic E-state index is -3.90. The van der Waals surface area contributed by atoms with Gasteiger partial charge in [0, 0.05) is 24.5 Å². The first-order valence-electron chi connectivity index (χ1n) is 9.79. The number of benzene rings is 2. The van der Waals surface area contributed by atoms with E-state index in [0.29, 0.717) is 18.9 Å². The number of hydrogen-bond acceptors (Lipinski definition) is 5. The first kappa shape index (κ1) is 22.0. The Kier molecular flexibility index (Phi) is 6.94. The number of ether oxygens (including phenoxy) is 1. The quantitative estimate of drug-likeness (QED) is 0.724. The first-order chi connectivity index (χ1) is 14.3. The van der Waals surface area contributed by atoms with E-state index in [1.165, 1.54) is 24.3 Å². The molecule has 2 aromatic rings. The average Bonchev–Trinajstić information content (AvgIpc) is 2.73. The normalized spacial score (nSPS) is 15.5. The van der Waals surface area contributed by atoms with E-state index in [9.17, 15) is 17.6 Å². The lowest BCUT2D eigenvalue weighted by Crippen LogP contribution is -2.47. The number of rotatable bonds is 7. The Hall–Kier alpha value is -2.65. The van der Waals surface area contributed by atoms with Crippen LogP contribution in [0.4, 0.5) is 21.5 Å². The van der Waals surface area contributed by atoms with Crippen LogP contribution in [0.15, 0.2) is 48.5 Å². The molecule has 0 saturated carbocycles. The third-order valence-electron chi connectivity index (χ3n) is 4.93. The van der Waals surface area contributed by atoms with Crippen molar-refractivity contribution in [3.05, 3.63) is 54.3 Å². The van der Waals surface area contributed by atoms with Gasteiger partial charge < -0.3 is 15.0 Å². The van der Waals surface area contributed by atoms with E-state index in [0.717, 1.165) is 29.3 Å². The molecule has 0 radical (unpaired) electrons. The monoisotopic (exact) mass is 435 g/mol. The molecule has 9 heteroatoms. The molecule has 0 aromatic heterocycles. The zero-order chi connectivity index (χ0) is 21.7. The largest absolute Gasteiger partial charge is 0.378 e. The Morgan fingerprint density at radius 3 is 2.37 bits per heavy atom. The number of carbonyl (C=O) groups is 1. The maximum atomic E-state index is 14.3. The van der Waals surface area contributed by atoms with Gasteiger partial charge in [-0.2, -0.15) is 0 Å². The molecule has 2 aromatic carbocycles. The minimum Gasteiger partial charge on any atom is -0.378 e. The van der Waals surface area contributed by atoms with E-state index in [-0.39, 0.29) is 12.1 Å². The molecule has 0 aliphatic carbocycles. The average molecular weight is 436 g/mol. The number of carbonyl (C=O) groups excluding carboxylic acids is 1. The number of hydrogen-bond donors (Lipinski definition) is 1. The fourth-order valence-electron chi connectivity index (χ4n) is 3.47. The smallest absolute Gasteiger partial charge is 0.248 e.